The second-order valence-corrected chi connectivity index (χ2v) is 5.77. The highest BCUT2D eigenvalue weighted by molar-refractivity contribution is 5.84. The van der Waals surface area contributed by atoms with Crippen LogP contribution in [0.3, 0.4) is 0 Å². The summed E-state index contributed by atoms with van der Waals surface area (Å²) in [5, 5.41) is 0. The van der Waals surface area contributed by atoms with Gasteiger partial charge in [0.1, 0.15) is 5.60 Å². The highest BCUT2D eigenvalue weighted by Gasteiger charge is 2.45. The molecule has 4 nitrogen and oxygen atoms in total. The second kappa shape index (κ2) is 4.58. The number of likely N-dealkylation sites (tertiary alicyclic amines) is 1. The average molecular weight is 241 g/mol. The first-order chi connectivity index (χ1) is 7.97. The van der Waals surface area contributed by atoms with Crippen LogP contribution in [0.25, 0.3) is 0 Å². The summed E-state index contributed by atoms with van der Waals surface area (Å²) in [6.45, 7) is 5.41. The molecule has 0 aromatic heterocycles. The molecule has 1 aliphatic carbocycles. The molecule has 2 aliphatic rings. The van der Waals surface area contributed by atoms with E-state index in [9.17, 15) is 4.79 Å². The number of amides is 1. The van der Waals surface area contributed by atoms with E-state index in [2.05, 4.69) is 0 Å². The molecule has 1 unspecified atom stereocenters. The fourth-order valence-electron chi connectivity index (χ4n) is 3.07. The fraction of sp³-hybridized carbons (Fsp3) is 0.923. The summed E-state index contributed by atoms with van der Waals surface area (Å²) in [4.78, 5) is 14.2. The van der Waals surface area contributed by atoms with E-state index in [1.807, 2.05) is 18.7 Å². The van der Waals surface area contributed by atoms with Crippen LogP contribution in [0.2, 0.25) is 0 Å². The van der Waals surface area contributed by atoms with Crippen LogP contribution in [-0.4, -0.2) is 49.8 Å². The lowest BCUT2D eigenvalue weighted by Crippen LogP contribution is -2.45. The molecule has 3 atom stereocenters. The summed E-state index contributed by atoms with van der Waals surface area (Å²) in [6, 6.07) is 0. The number of methoxy groups -OCH3 is 2. The van der Waals surface area contributed by atoms with Gasteiger partial charge in [0.05, 0.1) is 6.10 Å². The van der Waals surface area contributed by atoms with Gasteiger partial charge < -0.3 is 14.4 Å². The number of carbonyl (C=O) groups excluding carboxylic acids is 1. The summed E-state index contributed by atoms with van der Waals surface area (Å²) in [5.41, 5.74) is -0.695. The van der Waals surface area contributed by atoms with Crippen molar-refractivity contribution in [3.63, 3.8) is 0 Å². The van der Waals surface area contributed by atoms with E-state index in [1.54, 1.807) is 14.2 Å². The van der Waals surface area contributed by atoms with Gasteiger partial charge in [-0.2, -0.15) is 0 Å². The van der Waals surface area contributed by atoms with Gasteiger partial charge in [0.15, 0.2) is 0 Å². The third kappa shape index (κ3) is 2.33. The monoisotopic (exact) mass is 241 g/mol. The van der Waals surface area contributed by atoms with Gasteiger partial charge in [-0.1, -0.05) is 0 Å². The molecule has 1 aliphatic heterocycles. The van der Waals surface area contributed by atoms with Crippen molar-refractivity contribution in [3.05, 3.63) is 0 Å². The lowest BCUT2D eigenvalue weighted by molar-refractivity contribution is -0.150. The first kappa shape index (κ1) is 12.8. The molecule has 0 N–H and O–H groups in total. The summed E-state index contributed by atoms with van der Waals surface area (Å²) >= 11 is 0. The van der Waals surface area contributed by atoms with Gasteiger partial charge in [-0.05, 0) is 38.5 Å². The van der Waals surface area contributed by atoms with Crippen molar-refractivity contribution >= 4 is 5.91 Å². The molecule has 1 heterocycles. The number of ether oxygens (including phenoxy) is 2. The predicted molar refractivity (Wildman–Crippen MR) is 64.7 cm³/mol. The molecule has 1 saturated heterocycles. The predicted octanol–water partition coefficient (Wildman–Crippen LogP) is 1.29. The van der Waals surface area contributed by atoms with E-state index < -0.39 is 5.60 Å². The third-order valence-electron chi connectivity index (χ3n) is 4.35. The van der Waals surface area contributed by atoms with Crippen LogP contribution in [0.15, 0.2) is 0 Å². The van der Waals surface area contributed by atoms with E-state index >= 15 is 0 Å². The van der Waals surface area contributed by atoms with E-state index in [-0.39, 0.29) is 5.91 Å². The van der Waals surface area contributed by atoms with Gasteiger partial charge in [-0.3, -0.25) is 4.79 Å². The zero-order valence-electron chi connectivity index (χ0n) is 11.2. The standard InChI is InChI=1S/C13H23NO3/c1-13(2,17-4)12(15)14-7-9-5-11(16-3)6-10(9)8-14/h9-11H,5-8H2,1-4H3/t9-,10+,11?. The number of rotatable bonds is 3. The highest BCUT2D eigenvalue weighted by atomic mass is 16.5. The molecule has 17 heavy (non-hydrogen) atoms. The van der Waals surface area contributed by atoms with Gasteiger partial charge in [-0.25, -0.2) is 0 Å². The Morgan fingerprint density at radius 2 is 1.71 bits per heavy atom. The molecule has 1 saturated carbocycles. The number of hydrogen-bond acceptors (Lipinski definition) is 3. The first-order valence-corrected chi connectivity index (χ1v) is 6.35. The van der Waals surface area contributed by atoms with Gasteiger partial charge in [0.25, 0.3) is 5.91 Å². The minimum Gasteiger partial charge on any atom is -0.381 e. The van der Waals surface area contributed by atoms with Crippen molar-refractivity contribution in [1.29, 1.82) is 0 Å². The van der Waals surface area contributed by atoms with Crippen LogP contribution in [0.4, 0.5) is 0 Å². The molecule has 98 valence electrons. The Morgan fingerprint density at radius 3 is 2.12 bits per heavy atom. The van der Waals surface area contributed by atoms with Crippen molar-refractivity contribution in [2.75, 3.05) is 27.3 Å². The van der Waals surface area contributed by atoms with E-state index in [0.29, 0.717) is 17.9 Å². The molecule has 4 heteroatoms. The van der Waals surface area contributed by atoms with Crippen molar-refractivity contribution < 1.29 is 14.3 Å². The average Bonchev–Trinajstić information content (AvgIpc) is 2.84. The Kier molecular flexibility index (Phi) is 3.46. The summed E-state index contributed by atoms with van der Waals surface area (Å²) in [7, 11) is 3.37. The fourth-order valence-corrected chi connectivity index (χ4v) is 3.07. The number of nitrogens with zero attached hydrogens (tertiary/aromatic N) is 1. The molecule has 0 bridgehead atoms. The van der Waals surface area contributed by atoms with Crippen LogP contribution in [0.5, 0.6) is 0 Å². The highest BCUT2D eigenvalue weighted by Crippen LogP contribution is 2.39. The quantitative estimate of drug-likeness (QED) is 0.747. The summed E-state index contributed by atoms with van der Waals surface area (Å²) in [5.74, 6) is 1.36. The van der Waals surface area contributed by atoms with Crippen LogP contribution < -0.4 is 0 Å². The Morgan fingerprint density at radius 1 is 1.18 bits per heavy atom. The van der Waals surface area contributed by atoms with Crippen molar-refractivity contribution in [1.82, 2.24) is 4.90 Å². The SMILES string of the molecule is COC1C[C@@H]2CN(C(=O)C(C)(C)OC)C[C@@H]2C1. The largest absolute Gasteiger partial charge is 0.381 e. The Balaban J connectivity index is 1.95. The minimum atomic E-state index is -0.695. The normalized spacial score (nSPS) is 32.9. The van der Waals surface area contributed by atoms with E-state index in [1.165, 1.54) is 0 Å². The number of carbonyl (C=O) groups is 1. The lowest BCUT2D eigenvalue weighted by atomic mass is 10.0. The third-order valence-corrected chi connectivity index (χ3v) is 4.35. The van der Waals surface area contributed by atoms with Crippen LogP contribution >= 0.6 is 0 Å². The smallest absolute Gasteiger partial charge is 0.254 e. The van der Waals surface area contributed by atoms with Crippen molar-refractivity contribution in [2.24, 2.45) is 11.8 Å². The Labute approximate surface area is 103 Å². The van der Waals surface area contributed by atoms with Crippen LogP contribution in [0.1, 0.15) is 26.7 Å². The topological polar surface area (TPSA) is 38.8 Å². The molecule has 0 aromatic carbocycles. The minimum absolute atomic E-state index is 0.114. The van der Waals surface area contributed by atoms with E-state index in [4.69, 9.17) is 9.47 Å². The van der Waals surface area contributed by atoms with Gasteiger partial charge in [0, 0.05) is 27.3 Å². The molecule has 2 rings (SSSR count). The van der Waals surface area contributed by atoms with Gasteiger partial charge >= 0.3 is 0 Å². The Hall–Kier alpha value is -0.610. The maximum atomic E-state index is 12.2. The molecule has 2 fully saturated rings. The van der Waals surface area contributed by atoms with Gasteiger partial charge in [0.2, 0.25) is 0 Å². The molecule has 0 aromatic rings. The molecule has 0 spiro atoms. The maximum absolute atomic E-state index is 12.2. The summed E-state index contributed by atoms with van der Waals surface area (Å²) < 4.78 is 10.7. The van der Waals surface area contributed by atoms with Crippen LogP contribution in [0, 0.1) is 11.8 Å². The molecular weight excluding hydrogens is 218 g/mol. The lowest BCUT2D eigenvalue weighted by Gasteiger charge is -2.28. The molecule has 0 radical (unpaired) electrons. The molecular formula is C13H23NO3. The zero-order chi connectivity index (χ0) is 12.6. The van der Waals surface area contributed by atoms with E-state index in [0.717, 1.165) is 25.9 Å². The number of hydrogen-bond donors (Lipinski definition) is 0. The van der Waals surface area contributed by atoms with Gasteiger partial charge in [-0.15, -0.1) is 0 Å². The number of fused-ring (bicyclic) bond motifs is 1. The van der Waals surface area contributed by atoms with Crippen LogP contribution in [-0.2, 0) is 14.3 Å². The maximum Gasteiger partial charge on any atom is 0.254 e. The van der Waals surface area contributed by atoms with Crippen molar-refractivity contribution in [2.45, 2.75) is 38.4 Å². The summed E-state index contributed by atoms with van der Waals surface area (Å²) in [6.07, 6.45) is 2.59. The zero-order valence-corrected chi connectivity index (χ0v) is 11.2. The second-order valence-electron chi connectivity index (χ2n) is 5.77. The first-order valence-electron chi connectivity index (χ1n) is 6.35. The Bertz CT molecular complexity index is 289. The molecule has 1 amide bonds. The van der Waals surface area contributed by atoms with Crippen molar-refractivity contribution in [3.8, 4) is 0 Å².